The number of urea groups is 1. The number of nitrogens with zero attached hydrogens (tertiary/aromatic N) is 3. The molecule has 1 aromatic heterocycles. The lowest BCUT2D eigenvalue weighted by molar-refractivity contribution is -0.130. The summed E-state index contributed by atoms with van der Waals surface area (Å²) in [6.07, 6.45) is 1.65. The lowest BCUT2D eigenvalue weighted by Gasteiger charge is -2.34. The summed E-state index contributed by atoms with van der Waals surface area (Å²) in [6, 6.07) is 1.63. The van der Waals surface area contributed by atoms with Gasteiger partial charge in [0.25, 0.3) is 0 Å². The van der Waals surface area contributed by atoms with Gasteiger partial charge in [-0.3, -0.25) is 14.8 Å². The molecule has 3 N–H and O–H groups in total. The molecule has 1 fully saturated rings. The van der Waals surface area contributed by atoms with Crippen molar-refractivity contribution in [1.29, 1.82) is 0 Å². The van der Waals surface area contributed by atoms with Gasteiger partial charge in [-0.1, -0.05) is 0 Å². The Kier molecular flexibility index (Phi) is 5.56. The van der Waals surface area contributed by atoms with E-state index in [0.717, 1.165) is 38.4 Å². The molecule has 0 saturated carbocycles. The summed E-state index contributed by atoms with van der Waals surface area (Å²) in [5.41, 5.74) is 0.866. The third-order valence-corrected chi connectivity index (χ3v) is 3.53. The second kappa shape index (κ2) is 7.63. The highest BCUT2D eigenvalue weighted by atomic mass is 16.2. The molecular formula is C13H22N6O2. The van der Waals surface area contributed by atoms with Crippen molar-refractivity contribution in [3.63, 3.8) is 0 Å². The van der Waals surface area contributed by atoms with Gasteiger partial charge in [-0.2, -0.15) is 5.10 Å². The van der Waals surface area contributed by atoms with Crippen molar-refractivity contribution in [3.8, 4) is 0 Å². The van der Waals surface area contributed by atoms with Gasteiger partial charge in [0.2, 0.25) is 5.91 Å². The highest BCUT2D eigenvalue weighted by Crippen LogP contribution is 2.00. The van der Waals surface area contributed by atoms with E-state index >= 15 is 0 Å². The summed E-state index contributed by atoms with van der Waals surface area (Å²) in [5, 5.41) is 12.2. The summed E-state index contributed by atoms with van der Waals surface area (Å²) in [4.78, 5) is 26.9. The number of aromatic nitrogens is 2. The molecule has 0 atom stereocenters. The van der Waals surface area contributed by atoms with E-state index in [-0.39, 0.29) is 11.9 Å². The van der Waals surface area contributed by atoms with Crippen molar-refractivity contribution in [2.75, 3.05) is 39.3 Å². The molecule has 3 amide bonds. The van der Waals surface area contributed by atoms with E-state index in [0.29, 0.717) is 13.1 Å². The van der Waals surface area contributed by atoms with Crippen LogP contribution >= 0.6 is 0 Å². The molecule has 2 rings (SSSR count). The molecule has 0 bridgehead atoms. The van der Waals surface area contributed by atoms with Crippen molar-refractivity contribution in [2.24, 2.45) is 0 Å². The fraction of sp³-hybridized carbons (Fsp3) is 0.615. The number of nitrogens with one attached hydrogen (secondary N) is 3. The topological polar surface area (TPSA) is 93.4 Å². The molecule has 0 unspecified atom stereocenters. The van der Waals surface area contributed by atoms with Crippen LogP contribution in [0, 0.1) is 0 Å². The monoisotopic (exact) mass is 294 g/mol. The van der Waals surface area contributed by atoms with E-state index in [2.05, 4.69) is 25.7 Å². The number of aromatic amines is 1. The zero-order chi connectivity index (χ0) is 15.1. The number of rotatable bonds is 5. The Morgan fingerprint density at radius 2 is 2.05 bits per heavy atom. The van der Waals surface area contributed by atoms with Crippen LogP contribution in [0.2, 0.25) is 0 Å². The summed E-state index contributed by atoms with van der Waals surface area (Å²) in [7, 11) is 0. The van der Waals surface area contributed by atoms with Crippen LogP contribution in [0.5, 0.6) is 0 Å². The van der Waals surface area contributed by atoms with Crippen LogP contribution in [0.1, 0.15) is 12.6 Å². The second-order valence-electron chi connectivity index (χ2n) is 5.04. The standard InChI is InChI=1S/C13H22N6O2/c1-11(20)19-8-6-18(7-9-19)5-4-14-13(21)15-10-12-2-3-16-17-12/h2-3H,4-10H2,1H3,(H,16,17)(H2,14,15,21). The number of piperazine rings is 1. The van der Waals surface area contributed by atoms with Gasteiger partial charge in [0.15, 0.2) is 0 Å². The highest BCUT2D eigenvalue weighted by molar-refractivity contribution is 5.74. The van der Waals surface area contributed by atoms with E-state index in [9.17, 15) is 9.59 Å². The number of hydrogen-bond donors (Lipinski definition) is 3. The molecule has 1 saturated heterocycles. The molecule has 2 heterocycles. The van der Waals surface area contributed by atoms with Gasteiger partial charge in [0.1, 0.15) is 0 Å². The molecule has 0 aromatic carbocycles. The lowest BCUT2D eigenvalue weighted by atomic mass is 10.3. The van der Waals surface area contributed by atoms with E-state index in [1.54, 1.807) is 13.1 Å². The third-order valence-electron chi connectivity index (χ3n) is 3.53. The third kappa shape index (κ3) is 5.07. The Bertz CT molecular complexity index is 453. The minimum Gasteiger partial charge on any atom is -0.340 e. The SMILES string of the molecule is CC(=O)N1CCN(CCNC(=O)NCc2ccn[nH]2)CC1. The Morgan fingerprint density at radius 3 is 2.67 bits per heavy atom. The molecule has 116 valence electrons. The van der Waals surface area contributed by atoms with Crippen molar-refractivity contribution in [1.82, 2.24) is 30.6 Å². The summed E-state index contributed by atoms with van der Waals surface area (Å²) >= 11 is 0. The van der Waals surface area contributed by atoms with Crippen LogP contribution in [0.4, 0.5) is 4.79 Å². The number of hydrogen-bond acceptors (Lipinski definition) is 4. The van der Waals surface area contributed by atoms with E-state index in [1.807, 2.05) is 11.0 Å². The van der Waals surface area contributed by atoms with Gasteiger partial charge in [-0.05, 0) is 6.07 Å². The maximum atomic E-state index is 11.6. The number of carbonyl (C=O) groups excluding carboxylic acids is 2. The smallest absolute Gasteiger partial charge is 0.315 e. The summed E-state index contributed by atoms with van der Waals surface area (Å²) < 4.78 is 0. The van der Waals surface area contributed by atoms with Gasteiger partial charge in [-0.15, -0.1) is 0 Å². The molecule has 8 heteroatoms. The first-order valence-electron chi connectivity index (χ1n) is 7.13. The predicted molar refractivity (Wildman–Crippen MR) is 77.5 cm³/mol. The van der Waals surface area contributed by atoms with E-state index < -0.39 is 0 Å². The predicted octanol–water partition coefficient (Wildman–Crippen LogP) is -0.627. The van der Waals surface area contributed by atoms with Crippen molar-refractivity contribution >= 4 is 11.9 Å². The molecule has 8 nitrogen and oxygen atoms in total. The van der Waals surface area contributed by atoms with Crippen LogP contribution in [0.15, 0.2) is 12.3 Å². The molecule has 0 aliphatic carbocycles. The molecule has 1 aliphatic heterocycles. The quantitative estimate of drug-likeness (QED) is 0.674. The normalized spacial score (nSPS) is 15.8. The highest BCUT2D eigenvalue weighted by Gasteiger charge is 2.17. The van der Waals surface area contributed by atoms with Crippen LogP contribution in [0.25, 0.3) is 0 Å². The zero-order valence-electron chi connectivity index (χ0n) is 12.3. The molecule has 1 aromatic rings. The number of amides is 3. The first kappa shape index (κ1) is 15.3. The fourth-order valence-corrected chi connectivity index (χ4v) is 2.24. The molecule has 0 spiro atoms. The summed E-state index contributed by atoms with van der Waals surface area (Å²) in [6.45, 7) is 6.67. The Labute approximate surface area is 123 Å². The molecule has 1 aliphatic rings. The van der Waals surface area contributed by atoms with Gasteiger partial charge < -0.3 is 15.5 Å². The first-order valence-corrected chi connectivity index (χ1v) is 7.13. The van der Waals surface area contributed by atoms with Gasteiger partial charge in [0.05, 0.1) is 12.2 Å². The second-order valence-corrected chi connectivity index (χ2v) is 5.04. The largest absolute Gasteiger partial charge is 0.340 e. The Morgan fingerprint density at radius 1 is 1.29 bits per heavy atom. The maximum Gasteiger partial charge on any atom is 0.315 e. The number of H-pyrrole nitrogens is 1. The van der Waals surface area contributed by atoms with Gasteiger partial charge in [0, 0.05) is 52.4 Å². The Balaban J connectivity index is 1.55. The maximum absolute atomic E-state index is 11.6. The van der Waals surface area contributed by atoms with Crippen molar-refractivity contribution in [3.05, 3.63) is 18.0 Å². The minimum atomic E-state index is -0.188. The van der Waals surface area contributed by atoms with Gasteiger partial charge >= 0.3 is 6.03 Å². The van der Waals surface area contributed by atoms with Crippen molar-refractivity contribution in [2.45, 2.75) is 13.5 Å². The number of carbonyl (C=O) groups is 2. The average Bonchev–Trinajstić information content (AvgIpc) is 2.99. The van der Waals surface area contributed by atoms with Crippen LogP contribution in [-0.4, -0.2) is 71.2 Å². The van der Waals surface area contributed by atoms with Gasteiger partial charge in [-0.25, -0.2) is 4.79 Å². The molecular weight excluding hydrogens is 272 g/mol. The van der Waals surface area contributed by atoms with E-state index in [1.165, 1.54) is 0 Å². The minimum absolute atomic E-state index is 0.131. The van der Waals surface area contributed by atoms with E-state index in [4.69, 9.17) is 0 Å². The molecule has 0 radical (unpaired) electrons. The lowest BCUT2D eigenvalue weighted by Crippen LogP contribution is -2.50. The Hall–Kier alpha value is -2.09. The average molecular weight is 294 g/mol. The fourth-order valence-electron chi connectivity index (χ4n) is 2.24. The van der Waals surface area contributed by atoms with Crippen molar-refractivity contribution < 1.29 is 9.59 Å². The van der Waals surface area contributed by atoms with Crippen LogP contribution < -0.4 is 10.6 Å². The zero-order valence-corrected chi connectivity index (χ0v) is 12.3. The van der Waals surface area contributed by atoms with Crippen LogP contribution in [-0.2, 0) is 11.3 Å². The first-order chi connectivity index (χ1) is 10.1. The summed E-state index contributed by atoms with van der Waals surface area (Å²) in [5.74, 6) is 0.131. The molecule has 21 heavy (non-hydrogen) atoms. The van der Waals surface area contributed by atoms with Crippen LogP contribution in [0.3, 0.4) is 0 Å².